The van der Waals surface area contributed by atoms with Crippen molar-refractivity contribution in [3.63, 3.8) is 0 Å². The number of anilines is 1. The maximum Gasteiger partial charge on any atom is 0.280 e. The first-order valence-corrected chi connectivity index (χ1v) is 5.75. The first-order valence-electron chi connectivity index (χ1n) is 5.75. The predicted molar refractivity (Wildman–Crippen MR) is 65.9 cm³/mol. The molecule has 7 nitrogen and oxygen atoms in total. The van der Waals surface area contributed by atoms with Gasteiger partial charge in [0, 0.05) is 0 Å². The van der Waals surface area contributed by atoms with Crippen molar-refractivity contribution < 1.29 is 4.74 Å². The van der Waals surface area contributed by atoms with Crippen LogP contribution in [0.1, 0.15) is 19.6 Å². The third-order valence-corrected chi connectivity index (χ3v) is 2.93. The average Bonchev–Trinajstić information content (AvgIpc) is 2.93. The number of rotatable bonds is 2. The smallest absolute Gasteiger partial charge is 0.280 e. The molecule has 2 aromatic heterocycles. The van der Waals surface area contributed by atoms with E-state index in [0.717, 1.165) is 6.42 Å². The van der Waals surface area contributed by atoms with E-state index in [4.69, 9.17) is 10.5 Å². The molecule has 3 heterocycles. The molecule has 0 aliphatic carbocycles. The van der Waals surface area contributed by atoms with Crippen molar-refractivity contribution in [1.29, 1.82) is 0 Å². The van der Waals surface area contributed by atoms with E-state index >= 15 is 0 Å². The molecule has 1 aliphatic heterocycles. The van der Waals surface area contributed by atoms with Crippen LogP contribution in [0.3, 0.4) is 0 Å². The van der Waals surface area contributed by atoms with Crippen molar-refractivity contribution in [2.45, 2.75) is 25.7 Å². The topological polar surface area (TPSA) is 98.8 Å². The molecule has 3 N–H and O–H groups in total. The van der Waals surface area contributed by atoms with Gasteiger partial charge in [0.1, 0.15) is 0 Å². The summed E-state index contributed by atoms with van der Waals surface area (Å²) in [5.41, 5.74) is 5.89. The van der Waals surface area contributed by atoms with Gasteiger partial charge in [-0.05, 0) is 12.5 Å². The summed E-state index contributed by atoms with van der Waals surface area (Å²) in [6.07, 6.45) is 6.16. The van der Waals surface area contributed by atoms with E-state index in [-0.39, 0.29) is 29.4 Å². The van der Waals surface area contributed by atoms with Gasteiger partial charge in [-0.2, -0.15) is 4.98 Å². The monoisotopic (exact) mass is 247 g/mol. The van der Waals surface area contributed by atoms with Gasteiger partial charge in [0.2, 0.25) is 5.95 Å². The quantitative estimate of drug-likeness (QED) is 0.756. The van der Waals surface area contributed by atoms with E-state index in [0.29, 0.717) is 5.65 Å². The molecule has 0 amide bonds. The Morgan fingerprint density at radius 1 is 1.56 bits per heavy atom. The number of aromatic nitrogens is 4. The maximum atomic E-state index is 11.6. The van der Waals surface area contributed by atoms with Gasteiger partial charge in [-0.3, -0.25) is 14.3 Å². The number of ether oxygens (including phenoxy) is 1. The lowest BCUT2D eigenvalue weighted by atomic mass is 10.3. The number of hydrogen-bond donors (Lipinski definition) is 2. The maximum absolute atomic E-state index is 11.6. The minimum absolute atomic E-state index is 0.0725. The largest absolute Gasteiger partial charge is 0.369 e. The summed E-state index contributed by atoms with van der Waals surface area (Å²) in [5, 5.41) is 0. The number of hydrogen-bond acceptors (Lipinski definition) is 5. The third kappa shape index (κ3) is 1.60. The van der Waals surface area contributed by atoms with E-state index in [9.17, 15) is 4.79 Å². The summed E-state index contributed by atoms with van der Waals surface area (Å²) in [6, 6.07) is 0. The highest BCUT2D eigenvalue weighted by Crippen LogP contribution is 2.24. The van der Waals surface area contributed by atoms with Gasteiger partial charge < -0.3 is 10.5 Å². The first-order chi connectivity index (χ1) is 8.69. The highest BCUT2D eigenvalue weighted by molar-refractivity contribution is 5.70. The molecule has 1 aliphatic rings. The molecular formula is C11H13N5O2. The molecule has 3 rings (SSSR count). The molecule has 94 valence electrons. The summed E-state index contributed by atoms with van der Waals surface area (Å²) in [5.74, 6) is 0.0725. The van der Waals surface area contributed by atoms with Crippen molar-refractivity contribution in [3.8, 4) is 0 Å². The Kier molecular flexibility index (Phi) is 2.41. The van der Waals surface area contributed by atoms with Crippen LogP contribution in [0.5, 0.6) is 0 Å². The van der Waals surface area contributed by atoms with Crippen molar-refractivity contribution in [2.24, 2.45) is 0 Å². The molecule has 0 aromatic carbocycles. The number of imidazole rings is 1. The van der Waals surface area contributed by atoms with E-state index in [1.807, 2.05) is 19.1 Å². The zero-order valence-corrected chi connectivity index (χ0v) is 9.83. The predicted octanol–water partition coefficient (Wildman–Crippen LogP) is 0.565. The van der Waals surface area contributed by atoms with Crippen LogP contribution in [0.2, 0.25) is 0 Å². The second-order valence-corrected chi connectivity index (χ2v) is 4.13. The summed E-state index contributed by atoms with van der Waals surface area (Å²) in [6.45, 7) is 2.05. The number of aromatic amines is 1. The molecule has 2 aromatic rings. The molecule has 0 saturated heterocycles. The summed E-state index contributed by atoms with van der Waals surface area (Å²) >= 11 is 0. The standard InChI is InChI=1S/C11H13N5O2/c1-2-6-3-4-7(18-6)16-5-13-8-9(16)14-11(12)15-10(8)17/h3-7H,2H2,1H3,(H3,12,14,15,17)/t6-,7-/m1/s1. The highest BCUT2D eigenvalue weighted by atomic mass is 16.5. The highest BCUT2D eigenvalue weighted by Gasteiger charge is 2.22. The summed E-state index contributed by atoms with van der Waals surface area (Å²) < 4.78 is 7.46. The second kappa shape index (κ2) is 3.95. The minimum atomic E-state index is -0.342. The van der Waals surface area contributed by atoms with Gasteiger partial charge >= 0.3 is 0 Å². The lowest BCUT2D eigenvalue weighted by Gasteiger charge is -2.14. The van der Waals surface area contributed by atoms with E-state index in [1.165, 1.54) is 0 Å². The van der Waals surface area contributed by atoms with Crippen LogP contribution in [-0.2, 0) is 4.74 Å². The Balaban J connectivity index is 2.09. The lowest BCUT2D eigenvalue weighted by molar-refractivity contribution is 0.0190. The van der Waals surface area contributed by atoms with Gasteiger partial charge in [0.05, 0.1) is 12.4 Å². The Morgan fingerprint density at radius 2 is 2.39 bits per heavy atom. The summed E-state index contributed by atoms with van der Waals surface area (Å²) in [4.78, 5) is 22.2. The van der Waals surface area contributed by atoms with E-state index in [1.54, 1.807) is 10.9 Å². The fourth-order valence-electron chi connectivity index (χ4n) is 2.01. The number of nitrogens with two attached hydrogens (primary N) is 1. The molecule has 0 unspecified atom stereocenters. The van der Waals surface area contributed by atoms with Gasteiger partial charge in [0.15, 0.2) is 17.4 Å². The van der Waals surface area contributed by atoms with Crippen LogP contribution >= 0.6 is 0 Å². The van der Waals surface area contributed by atoms with Gasteiger partial charge in [0.25, 0.3) is 5.56 Å². The van der Waals surface area contributed by atoms with Gasteiger partial charge in [-0.25, -0.2) is 4.98 Å². The molecule has 2 atom stereocenters. The van der Waals surface area contributed by atoms with Gasteiger partial charge in [-0.1, -0.05) is 13.0 Å². The fourth-order valence-corrected chi connectivity index (χ4v) is 2.01. The average molecular weight is 247 g/mol. The molecular weight excluding hydrogens is 234 g/mol. The Morgan fingerprint density at radius 3 is 3.11 bits per heavy atom. The Labute approximate surface area is 102 Å². The number of H-pyrrole nitrogens is 1. The Hall–Kier alpha value is -2.15. The van der Waals surface area contributed by atoms with Gasteiger partial charge in [-0.15, -0.1) is 0 Å². The minimum Gasteiger partial charge on any atom is -0.369 e. The first kappa shape index (κ1) is 11.0. The molecule has 0 radical (unpaired) electrons. The van der Waals surface area contributed by atoms with Crippen LogP contribution in [0.4, 0.5) is 5.95 Å². The molecule has 0 saturated carbocycles. The van der Waals surface area contributed by atoms with E-state index in [2.05, 4.69) is 15.0 Å². The number of nitrogen functional groups attached to an aromatic ring is 1. The van der Waals surface area contributed by atoms with E-state index < -0.39 is 0 Å². The van der Waals surface area contributed by atoms with Crippen molar-refractivity contribution in [1.82, 2.24) is 19.5 Å². The molecule has 0 fully saturated rings. The van der Waals surface area contributed by atoms with Crippen molar-refractivity contribution in [3.05, 3.63) is 28.8 Å². The lowest BCUT2D eigenvalue weighted by Crippen LogP contribution is -2.15. The second-order valence-electron chi connectivity index (χ2n) is 4.13. The molecule has 7 heteroatoms. The number of nitrogens with one attached hydrogen (secondary N) is 1. The van der Waals surface area contributed by atoms with Crippen LogP contribution in [-0.4, -0.2) is 25.6 Å². The third-order valence-electron chi connectivity index (χ3n) is 2.93. The normalized spacial score (nSPS) is 22.9. The molecule has 18 heavy (non-hydrogen) atoms. The van der Waals surface area contributed by atoms with Crippen LogP contribution < -0.4 is 11.3 Å². The van der Waals surface area contributed by atoms with Crippen LogP contribution in [0.15, 0.2) is 23.3 Å². The summed E-state index contributed by atoms with van der Waals surface area (Å²) in [7, 11) is 0. The van der Waals surface area contributed by atoms with Crippen LogP contribution in [0, 0.1) is 0 Å². The SMILES string of the molecule is CC[C@@H]1C=C[C@H](n2cnc3c(=O)[nH]c(N)nc32)O1. The zero-order chi connectivity index (χ0) is 12.7. The Bertz CT molecular complexity index is 672. The number of fused-ring (bicyclic) bond motifs is 1. The van der Waals surface area contributed by atoms with Crippen molar-refractivity contribution >= 4 is 17.1 Å². The fraction of sp³-hybridized carbons (Fsp3) is 0.364. The zero-order valence-electron chi connectivity index (χ0n) is 9.83. The van der Waals surface area contributed by atoms with Crippen molar-refractivity contribution in [2.75, 3.05) is 5.73 Å². The molecule has 0 spiro atoms. The number of nitrogens with zero attached hydrogens (tertiary/aromatic N) is 3. The van der Waals surface area contributed by atoms with Crippen LogP contribution in [0.25, 0.3) is 11.2 Å². The molecule has 0 bridgehead atoms.